The van der Waals surface area contributed by atoms with Gasteiger partial charge in [-0.2, -0.15) is 0 Å². The van der Waals surface area contributed by atoms with Crippen LogP contribution in [0.5, 0.6) is 0 Å². The number of imidazole rings is 1. The number of rotatable bonds is 7. The van der Waals surface area contributed by atoms with Gasteiger partial charge < -0.3 is 15.2 Å². The van der Waals surface area contributed by atoms with E-state index in [-0.39, 0.29) is 11.8 Å². The van der Waals surface area contributed by atoms with Crippen molar-refractivity contribution in [1.82, 2.24) is 14.9 Å². The monoisotopic (exact) mass is 412 g/mol. The fourth-order valence-corrected chi connectivity index (χ4v) is 4.81. The molecule has 1 aromatic heterocycles. The second-order valence-electron chi connectivity index (χ2n) is 8.04. The van der Waals surface area contributed by atoms with E-state index in [2.05, 4.69) is 22.1 Å². The van der Waals surface area contributed by atoms with E-state index in [0.717, 1.165) is 23.7 Å². The zero-order valence-corrected chi connectivity index (χ0v) is 17.8. The van der Waals surface area contributed by atoms with Crippen LogP contribution in [0.4, 0.5) is 5.69 Å². The molecular formula is C22H28N4O2S. The predicted molar refractivity (Wildman–Crippen MR) is 115 cm³/mol. The Bertz CT molecular complexity index is 914. The minimum Gasteiger partial charge on any atom is -0.349 e. The summed E-state index contributed by atoms with van der Waals surface area (Å²) < 4.78 is 2.32. The second-order valence-corrected chi connectivity index (χ2v) is 8.98. The van der Waals surface area contributed by atoms with Crippen LogP contribution in [0.15, 0.2) is 29.4 Å². The summed E-state index contributed by atoms with van der Waals surface area (Å²) in [6.45, 7) is 4.14. The molecule has 0 unspecified atom stereocenters. The summed E-state index contributed by atoms with van der Waals surface area (Å²) in [5.74, 6) is 0.120. The van der Waals surface area contributed by atoms with Gasteiger partial charge in [-0.15, -0.1) is 0 Å². The maximum absolute atomic E-state index is 12.5. The molecule has 1 heterocycles. The first kappa shape index (κ1) is 20.0. The quantitative estimate of drug-likeness (QED) is 0.667. The van der Waals surface area contributed by atoms with Crippen molar-refractivity contribution in [2.24, 2.45) is 0 Å². The Hall–Kier alpha value is -2.28. The lowest BCUT2D eigenvalue weighted by Crippen LogP contribution is -2.25. The summed E-state index contributed by atoms with van der Waals surface area (Å²) in [5, 5.41) is 6.81. The van der Waals surface area contributed by atoms with Crippen molar-refractivity contribution in [2.75, 3.05) is 11.1 Å². The first-order valence-corrected chi connectivity index (χ1v) is 11.4. The van der Waals surface area contributed by atoms with Crippen molar-refractivity contribution < 1.29 is 9.59 Å². The summed E-state index contributed by atoms with van der Waals surface area (Å²) >= 11 is 1.48. The Morgan fingerprint density at radius 1 is 1.17 bits per heavy atom. The number of nitrogens with zero attached hydrogens (tertiary/aromatic N) is 2. The van der Waals surface area contributed by atoms with Gasteiger partial charge in [0.1, 0.15) is 0 Å². The van der Waals surface area contributed by atoms with Crippen molar-refractivity contribution in [1.29, 1.82) is 0 Å². The third-order valence-corrected chi connectivity index (χ3v) is 6.65. The molecule has 4 rings (SSSR count). The average Bonchev–Trinajstić information content (AvgIpc) is 3.26. The normalized spacial score (nSPS) is 16.8. The highest BCUT2D eigenvalue weighted by Crippen LogP contribution is 2.35. The van der Waals surface area contributed by atoms with Gasteiger partial charge in [-0.1, -0.05) is 30.7 Å². The molecule has 0 bridgehead atoms. The summed E-state index contributed by atoms with van der Waals surface area (Å²) in [6.07, 6.45) is 7.00. The number of benzene rings is 1. The van der Waals surface area contributed by atoms with Crippen LogP contribution in [0, 0.1) is 13.8 Å². The van der Waals surface area contributed by atoms with Crippen LogP contribution in [0.1, 0.15) is 66.3 Å². The van der Waals surface area contributed by atoms with Gasteiger partial charge in [-0.3, -0.25) is 9.59 Å². The van der Waals surface area contributed by atoms with E-state index < -0.39 is 0 Å². The molecule has 2 aliphatic rings. The van der Waals surface area contributed by atoms with Gasteiger partial charge in [-0.25, -0.2) is 4.98 Å². The molecule has 2 aromatic rings. The maximum Gasteiger partial charge on any atom is 0.251 e. The number of nitrogens with one attached hydrogen (secondary N) is 2. The Morgan fingerprint density at radius 3 is 2.66 bits per heavy atom. The van der Waals surface area contributed by atoms with Gasteiger partial charge in [0.2, 0.25) is 5.91 Å². The smallest absolute Gasteiger partial charge is 0.251 e. The largest absolute Gasteiger partial charge is 0.349 e. The molecule has 2 N–H and O–H groups in total. The number of aromatic nitrogens is 2. The molecule has 154 valence electrons. The lowest BCUT2D eigenvalue weighted by molar-refractivity contribution is -0.113. The molecule has 6 nitrogen and oxygen atoms in total. The molecule has 2 saturated carbocycles. The molecule has 0 radical (unpaired) electrons. The molecule has 0 spiro atoms. The van der Waals surface area contributed by atoms with Crippen molar-refractivity contribution in [3.05, 3.63) is 41.2 Å². The van der Waals surface area contributed by atoms with Crippen LogP contribution in [-0.2, 0) is 4.79 Å². The van der Waals surface area contributed by atoms with E-state index in [1.807, 2.05) is 13.0 Å². The number of hydrogen-bond acceptors (Lipinski definition) is 4. The third-order valence-electron chi connectivity index (χ3n) is 5.70. The number of hydrogen-bond donors (Lipinski definition) is 2. The molecule has 2 aliphatic carbocycles. The molecule has 1 aromatic carbocycles. The summed E-state index contributed by atoms with van der Waals surface area (Å²) in [6, 6.07) is 7.92. The number of carbonyl (C=O) groups is 2. The lowest BCUT2D eigenvalue weighted by atomic mass is 10.2. The molecule has 0 aliphatic heterocycles. The number of anilines is 1. The molecule has 2 amide bonds. The number of amides is 2. The van der Waals surface area contributed by atoms with Crippen LogP contribution in [0.2, 0.25) is 0 Å². The summed E-state index contributed by atoms with van der Waals surface area (Å²) in [4.78, 5) is 29.4. The van der Waals surface area contributed by atoms with E-state index >= 15 is 0 Å². The standard InChI is InChI=1S/C22H28N4O2S/c1-14-15(2)26(19-8-3-4-9-19)22(23-14)29-13-20(27)24-18-7-5-6-16(12-18)21(28)25-17-10-11-17/h5-7,12,17,19H,3-4,8-11,13H2,1-2H3,(H,24,27)(H,25,28). The highest BCUT2D eigenvalue weighted by molar-refractivity contribution is 7.99. The predicted octanol–water partition coefficient (Wildman–Crippen LogP) is 4.24. The highest BCUT2D eigenvalue weighted by Gasteiger charge is 2.25. The van der Waals surface area contributed by atoms with Crippen molar-refractivity contribution in [3.8, 4) is 0 Å². The van der Waals surface area contributed by atoms with Crippen molar-refractivity contribution in [2.45, 2.75) is 69.6 Å². The van der Waals surface area contributed by atoms with Crippen molar-refractivity contribution >= 4 is 29.3 Å². The van der Waals surface area contributed by atoms with Gasteiger partial charge in [0.15, 0.2) is 5.16 Å². The molecule has 0 atom stereocenters. The van der Waals surface area contributed by atoms with Crippen LogP contribution < -0.4 is 10.6 Å². The van der Waals surface area contributed by atoms with E-state index in [9.17, 15) is 9.59 Å². The van der Waals surface area contributed by atoms with Crippen LogP contribution in [-0.4, -0.2) is 33.2 Å². The molecule has 29 heavy (non-hydrogen) atoms. The summed E-state index contributed by atoms with van der Waals surface area (Å²) in [7, 11) is 0. The Balaban J connectivity index is 1.37. The zero-order chi connectivity index (χ0) is 20.4. The first-order valence-electron chi connectivity index (χ1n) is 10.4. The third kappa shape index (κ3) is 4.83. The molecule has 2 fully saturated rings. The Morgan fingerprint density at radius 2 is 1.93 bits per heavy atom. The zero-order valence-electron chi connectivity index (χ0n) is 17.0. The van der Waals surface area contributed by atoms with E-state index in [0.29, 0.717) is 29.1 Å². The molecule has 0 saturated heterocycles. The van der Waals surface area contributed by atoms with Gasteiger partial charge in [0.05, 0.1) is 11.4 Å². The Labute approximate surface area is 175 Å². The topological polar surface area (TPSA) is 76.0 Å². The fraction of sp³-hybridized carbons (Fsp3) is 0.500. The lowest BCUT2D eigenvalue weighted by Gasteiger charge is -2.17. The second kappa shape index (κ2) is 8.61. The fourth-order valence-electron chi connectivity index (χ4n) is 3.85. The summed E-state index contributed by atoms with van der Waals surface area (Å²) in [5.41, 5.74) is 3.46. The van der Waals surface area contributed by atoms with Crippen LogP contribution in [0.3, 0.4) is 0 Å². The molecule has 7 heteroatoms. The Kier molecular flexibility index (Phi) is 5.94. The number of thioether (sulfide) groups is 1. The minimum atomic E-state index is -0.0916. The SMILES string of the molecule is Cc1nc(SCC(=O)Nc2cccc(C(=O)NC3CC3)c2)n(C2CCCC2)c1C. The minimum absolute atomic E-state index is 0.0810. The highest BCUT2D eigenvalue weighted by atomic mass is 32.2. The average molecular weight is 413 g/mol. The first-order chi connectivity index (χ1) is 14.0. The van der Waals surface area contributed by atoms with Gasteiger partial charge in [0, 0.05) is 29.0 Å². The number of carbonyl (C=O) groups excluding carboxylic acids is 2. The van der Waals surface area contributed by atoms with Gasteiger partial charge in [-0.05, 0) is 57.7 Å². The van der Waals surface area contributed by atoms with E-state index in [4.69, 9.17) is 4.98 Å². The van der Waals surface area contributed by atoms with Gasteiger partial charge >= 0.3 is 0 Å². The maximum atomic E-state index is 12.5. The van der Waals surface area contributed by atoms with E-state index in [1.54, 1.807) is 18.2 Å². The molecular weight excluding hydrogens is 384 g/mol. The number of aryl methyl sites for hydroxylation is 1. The van der Waals surface area contributed by atoms with Crippen LogP contribution in [0.25, 0.3) is 0 Å². The van der Waals surface area contributed by atoms with Crippen molar-refractivity contribution in [3.63, 3.8) is 0 Å². The van der Waals surface area contributed by atoms with Crippen LogP contribution >= 0.6 is 11.8 Å². The van der Waals surface area contributed by atoms with E-state index in [1.165, 1.54) is 43.1 Å². The van der Waals surface area contributed by atoms with Gasteiger partial charge in [0.25, 0.3) is 5.91 Å².